The number of anilines is 6. The molecule has 0 aliphatic carbocycles. The van der Waals surface area contributed by atoms with Crippen LogP contribution in [0.5, 0.6) is 0 Å². The third kappa shape index (κ3) is 8.45. The van der Waals surface area contributed by atoms with Gasteiger partial charge < -0.3 is 18.9 Å². The van der Waals surface area contributed by atoms with E-state index in [2.05, 4.69) is 348 Å². The van der Waals surface area contributed by atoms with Crippen LogP contribution >= 0.6 is 0 Å². The number of benzene rings is 14. The molecular formula is C82H58N4. The topological polar surface area (TPSA) is 16.3 Å². The van der Waals surface area contributed by atoms with Gasteiger partial charge in [0, 0.05) is 78.2 Å². The fourth-order valence-corrected chi connectivity index (χ4v) is 13.7. The molecule has 406 valence electrons. The second-order valence-electron chi connectivity index (χ2n) is 22.5. The predicted molar refractivity (Wildman–Crippen MR) is 365 cm³/mol. The largest absolute Gasteiger partial charge is 0.313 e. The number of para-hydroxylation sites is 2. The summed E-state index contributed by atoms with van der Waals surface area (Å²) in [6.45, 7) is 4.54. The highest BCUT2D eigenvalue weighted by atomic mass is 15.2. The van der Waals surface area contributed by atoms with Gasteiger partial charge in [-0.15, -0.1) is 0 Å². The number of fused-ring (bicyclic) bond motifs is 8. The Bertz CT molecular complexity index is 4890. The first-order valence-corrected chi connectivity index (χ1v) is 29.7. The quantitative estimate of drug-likeness (QED) is 0.120. The van der Waals surface area contributed by atoms with Crippen LogP contribution in [-0.2, 0) is 0 Å². The summed E-state index contributed by atoms with van der Waals surface area (Å²) in [7, 11) is 0. The lowest BCUT2D eigenvalue weighted by Crippen LogP contribution is -2.11. The van der Waals surface area contributed by atoms with Crippen molar-refractivity contribution in [2.45, 2.75) is 13.8 Å². The Balaban J connectivity index is 0.804. The highest BCUT2D eigenvalue weighted by molar-refractivity contribution is 6.16. The van der Waals surface area contributed by atoms with Crippen molar-refractivity contribution in [2.24, 2.45) is 0 Å². The molecular weight excluding hydrogens is 1040 g/mol. The lowest BCUT2D eigenvalue weighted by molar-refractivity contribution is 1.05. The molecule has 0 atom stereocenters. The summed E-state index contributed by atoms with van der Waals surface area (Å²) < 4.78 is 4.89. The molecule has 0 spiro atoms. The van der Waals surface area contributed by atoms with E-state index in [0.29, 0.717) is 0 Å². The van der Waals surface area contributed by atoms with Gasteiger partial charge in [-0.1, -0.05) is 206 Å². The van der Waals surface area contributed by atoms with Gasteiger partial charge >= 0.3 is 0 Å². The maximum Gasteiger partial charge on any atom is 0.0546 e. The highest BCUT2D eigenvalue weighted by Gasteiger charge is 2.24. The first-order valence-electron chi connectivity index (χ1n) is 29.7. The maximum absolute atomic E-state index is 2.44. The van der Waals surface area contributed by atoms with Crippen molar-refractivity contribution in [3.05, 3.63) is 327 Å². The Labute approximate surface area is 500 Å². The van der Waals surface area contributed by atoms with Gasteiger partial charge in [-0.05, 0) is 178 Å². The summed E-state index contributed by atoms with van der Waals surface area (Å²) >= 11 is 0. The Morgan fingerprint density at radius 2 is 0.547 bits per heavy atom. The van der Waals surface area contributed by atoms with Crippen LogP contribution in [0.4, 0.5) is 34.1 Å². The summed E-state index contributed by atoms with van der Waals surface area (Å²) in [6, 6.07) is 115. The van der Waals surface area contributed by atoms with Crippen LogP contribution in [0.1, 0.15) is 11.4 Å². The molecule has 0 unspecified atom stereocenters. The first kappa shape index (κ1) is 50.5. The standard InChI is InChI=1S/C82H58N4/c1-55-81(57-23-7-3-8-24-57)75-51-59(39-49-77(75)83(55)65-41-45-67(46-42-65)85(63-29-11-5-12-30-63)79-53-61-27-15-17-33-69(61)71-35-19-21-37-73(71)79)60-40-50-78-76(52-60)82(58-25-9-4-10-26-58)56(2)84(78)66-43-47-68(48-44-66)86(64-31-13-6-14-32-64)80-54-62-28-16-18-34-70(62)72-36-20-22-38-74(72)80/h3-54H,1-2H3. The fraction of sp³-hybridized carbons (Fsp3) is 0.0244. The molecule has 4 heteroatoms. The van der Waals surface area contributed by atoms with Crippen molar-refractivity contribution in [2.75, 3.05) is 9.80 Å². The Morgan fingerprint density at radius 3 is 0.930 bits per heavy atom. The van der Waals surface area contributed by atoms with Gasteiger partial charge in [0.25, 0.3) is 0 Å². The molecule has 14 aromatic carbocycles. The van der Waals surface area contributed by atoms with Gasteiger partial charge in [-0.2, -0.15) is 0 Å². The van der Waals surface area contributed by atoms with E-state index in [1.165, 1.54) is 98.6 Å². The molecule has 16 rings (SSSR count). The number of hydrogen-bond donors (Lipinski definition) is 0. The van der Waals surface area contributed by atoms with Gasteiger partial charge in [0.1, 0.15) is 0 Å². The van der Waals surface area contributed by atoms with Crippen LogP contribution in [0.25, 0.3) is 110 Å². The zero-order valence-electron chi connectivity index (χ0n) is 47.8. The minimum absolute atomic E-state index is 1.09. The average Bonchev–Trinajstić information content (AvgIpc) is 1.68. The number of hydrogen-bond acceptors (Lipinski definition) is 2. The van der Waals surface area contributed by atoms with Crippen molar-refractivity contribution in [3.63, 3.8) is 0 Å². The summed E-state index contributed by atoms with van der Waals surface area (Å²) in [6.07, 6.45) is 0. The fourth-order valence-electron chi connectivity index (χ4n) is 13.7. The molecule has 16 aromatic rings. The second-order valence-corrected chi connectivity index (χ2v) is 22.5. The molecule has 0 saturated heterocycles. The monoisotopic (exact) mass is 1100 g/mol. The highest BCUT2D eigenvalue weighted by Crippen LogP contribution is 2.47. The molecule has 2 heterocycles. The van der Waals surface area contributed by atoms with E-state index in [0.717, 1.165) is 56.5 Å². The van der Waals surface area contributed by atoms with Crippen molar-refractivity contribution in [1.29, 1.82) is 0 Å². The van der Waals surface area contributed by atoms with Gasteiger partial charge in [0.05, 0.1) is 22.4 Å². The van der Waals surface area contributed by atoms with Gasteiger partial charge in [-0.3, -0.25) is 0 Å². The number of rotatable bonds is 11. The second kappa shape index (κ2) is 20.9. The van der Waals surface area contributed by atoms with Crippen LogP contribution < -0.4 is 9.80 Å². The molecule has 86 heavy (non-hydrogen) atoms. The molecule has 0 fully saturated rings. The van der Waals surface area contributed by atoms with E-state index in [9.17, 15) is 0 Å². The summed E-state index contributed by atoms with van der Waals surface area (Å²) in [5, 5.41) is 12.3. The van der Waals surface area contributed by atoms with Crippen molar-refractivity contribution >= 4 is 99.0 Å². The molecule has 0 N–H and O–H groups in total. The first-order chi connectivity index (χ1) is 42.5. The lowest BCUT2D eigenvalue weighted by atomic mass is 9.96. The molecule has 0 bridgehead atoms. The van der Waals surface area contributed by atoms with Gasteiger partial charge in [0.15, 0.2) is 0 Å². The third-order valence-electron chi connectivity index (χ3n) is 17.6. The summed E-state index contributed by atoms with van der Waals surface area (Å²) in [5.41, 5.74) is 20.8. The van der Waals surface area contributed by atoms with E-state index in [-0.39, 0.29) is 0 Å². The Morgan fingerprint density at radius 1 is 0.233 bits per heavy atom. The zero-order chi connectivity index (χ0) is 57.2. The van der Waals surface area contributed by atoms with E-state index in [4.69, 9.17) is 0 Å². The molecule has 4 nitrogen and oxygen atoms in total. The summed E-state index contributed by atoms with van der Waals surface area (Å²) in [4.78, 5) is 4.81. The average molecular weight is 1100 g/mol. The number of aromatic nitrogens is 2. The smallest absolute Gasteiger partial charge is 0.0546 e. The van der Waals surface area contributed by atoms with Crippen LogP contribution in [-0.4, -0.2) is 9.13 Å². The molecule has 0 amide bonds. The number of nitrogens with zero attached hydrogens (tertiary/aromatic N) is 4. The normalized spacial score (nSPS) is 11.6. The van der Waals surface area contributed by atoms with E-state index >= 15 is 0 Å². The predicted octanol–water partition coefficient (Wildman–Crippen LogP) is 22.7. The lowest BCUT2D eigenvalue weighted by Gasteiger charge is -2.28. The van der Waals surface area contributed by atoms with Crippen LogP contribution in [0.2, 0.25) is 0 Å². The van der Waals surface area contributed by atoms with E-state index in [1.807, 2.05) is 0 Å². The van der Waals surface area contributed by atoms with Gasteiger partial charge in [0.2, 0.25) is 0 Å². The Kier molecular flexibility index (Phi) is 12.3. The van der Waals surface area contributed by atoms with Crippen molar-refractivity contribution in [3.8, 4) is 44.8 Å². The van der Waals surface area contributed by atoms with Crippen LogP contribution in [0.3, 0.4) is 0 Å². The van der Waals surface area contributed by atoms with Crippen molar-refractivity contribution in [1.82, 2.24) is 9.13 Å². The SMILES string of the molecule is Cc1c(-c2ccccc2)c2cc(-c3ccc4c(c3)c(-c3ccccc3)c(C)n4-c3ccc(N(c4ccccc4)c4cc5ccccc5c5ccccc45)cc3)ccc2n1-c1ccc(N(c2ccccc2)c2cc3ccccc3c3ccccc23)cc1. The van der Waals surface area contributed by atoms with Gasteiger partial charge in [-0.25, -0.2) is 0 Å². The van der Waals surface area contributed by atoms with E-state index < -0.39 is 0 Å². The minimum atomic E-state index is 1.09. The molecule has 0 saturated carbocycles. The van der Waals surface area contributed by atoms with Crippen molar-refractivity contribution < 1.29 is 0 Å². The Hall–Kier alpha value is -11.2. The third-order valence-corrected chi connectivity index (χ3v) is 17.6. The maximum atomic E-state index is 2.44. The molecule has 0 aliphatic heterocycles. The summed E-state index contributed by atoms with van der Waals surface area (Å²) in [5.74, 6) is 0. The van der Waals surface area contributed by atoms with Crippen LogP contribution in [0.15, 0.2) is 315 Å². The minimum Gasteiger partial charge on any atom is -0.313 e. The molecule has 0 aliphatic rings. The van der Waals surface area contributed by atoms with Crippen LogP contribution in [0, 0.1) is 13.8 Å². The molecule has 2 aromatic heterocycles. The molecule has 0 radical (unpaired) electrons. The zero-order valence-corrected chi connectivity index (χ0v) is 47.8. The van der Waals surface area contributed by atoms with E-state index in [1.54, 1.807) is 0 Å².